The number of amides is 1. The molecule has 1 unspecified atom stereocenters. The maximum atomic E-state index is 11.6. The molecule has 2 N–H and O–H groups in total. The molecule has 0 aromatic heterocycles. The Hall–Kier alpha value is -1.79. The number of nitrogens with zero attached hydrogens (tertiary/aromatic N) is 2. The first-order valence-corrected chi connectivity index (χ1v) is 8.36. The van der Waals surface area contributed by atoms with Crippen molar-refractivity contribution < 1.29 is 14.3 Å². The zero-order chi connectivity index (χ0) is 16.9. The molecule has 0 saturated carbocycles. The number of aliphatic imine (C=N–C) groups is 1. The Bertz CT molecular complexity index is 478. The quantitative estimate of drug-likeness (QED) is 0.447. The highest BCUT2D eigenvalue weighted by Gasteiger charge is 2.42. The number of hydrogen-bond donors (Lipinski definition) is 2. The molecule has 23 heavy (non-hydrogen) atoms. The van der Waals surface area contributed by atoms with Gasteiger partial charge in [-0.2, -0.15) is 0 Å². The Kier molecular flexibility index (Phi) is 5.85. The minimum absolute atomic E-state index is 0.0313. The number of ether oxygens (including phenoxy) is 1. The number of hydrogen-bond acceptors (Lipinski definition) is 4. The largest absolute Gasteiger partial charge is 0.463 e. The molecule has 1 amide bonds. The van der Waals surface area contributed by atoms with Crippen molar-refractivity contribution in [3.8, 4) is 0 Å². The summed E-state index contributed by atoms with van der Waals surface area (Å²) in [5.41, 5.74) is 0.0313. The highest BCUT2D eigenvalue weighted by molar-refractivity contribution is 5.82. The van der Waals surface area contributed by atoms with Gasteiger partial charge in [0.05, 0.1) is 12.5 Å². The molecule has 2 fully saturated rings. The van der Waals surface area contributed by atoms with Crippen LogP contribution in [-0.2, 0) is 14.3 Å². The van der Waals surface area contributed by atoms with Crippen molar-refractivity contribution >= 4 is 17.8 Å². The number of guanidine groups is 1. The summed E-state index contributed by atoms with van der Waals surface area (Å²) in [5.74, 6) is 0.732. The molecule has 2 aliphatic heterocycles. The smallest absolute Gasteiger partial charge is 0.307 e. The van der Waals surface area contributed by atoms with E-state index in [1.165, 1.54) is 0 Å². The molecule has 0 bridgehead atoms. The summed E-state index contributed by atoms with van der Waals surface area (Å²) >= 11 is 0. The fourth-order valence-corrected chi connectivity index (χ4v) is 3.36. The Morgan fingerprint density at radius 2 is 2.30 bits per heavy atom. The molecule has 7 nitrogen and oxygen atoms in total. The van der Waals surface area contributed by atoms with Crippen LogP contribution in [0.2, 0.25) is 0 Å². The molecular weight excluding hydrogens is 296 g/mol. The van der Waals surface area contributed by atoms with Crippen LogP contribution in [0.4, 0.5) is 0 Å². The molecule has 7 heteroatoms. The van der Waals surface area contributed by atoms with Crippen LogP contribution in [0, 0.1) is 5.41 Å². The SMILES string of the molecule is CN=C(NCCC(=O)OC(C)C)N1CCCC2(CNC(=O)C2)C1. The second kappa shape index (κ2) is 7.66. The summed E-state index contributed by atoms with van der Waals surface area (Å²) in [6.07, 6.45) is 2.94. The van der Waals surface area contributed by atoms with Crippen LogP contribution in [0.5, 0.6) is 0 Å². The lowest BCUT2D eigenvalue weighted by molar-refractivity contribution is -0.147. The van der Waals surface area contributed by atoms with Gasteiger partial charge in [0, 0.05) is 45.1 Å². The molecule has 2 heterocycles. The van der Waals surface area contributed by atoms with Gasteiger partial charge in [-0.05, 0) is 26.7 Å². The Morgan fingerprint density at radius 3 is 2.91 bits per heavy atom. The van der Waals surface area contributed by atoms with E-state index in [1.54, 1.807) is 7.05 Å². The lowest BCUT2D eigenvalue weighted by Gasteiger charge is -2.40. The van der Waals surface area contributed by atoms with E-state index < -0.39 is 0 Å². The molecule has 2 aliphatic rings. The van der Waals surface area contributed by atoms with E-state index in [0.717, 1.165) is 38.4 Å². The summed E-state index contributed by atoms with van der Waals surface area (Å²) in [6, 6.07) is 0. The number of rotatable bonds is 4. The second-order valence-electron chi connectivity index (χ2n) is 6.74. The fraction of sp³-hybridized carbons (Fsp3) is 0.812. The number of esters is 1. The number of likely N-dealkylation sites (tertiary alicyclic amines) is 1. The Morgan fingerprint density at radius 1 is 1.52 bits per heavy atom. The average molecular weight is 324 g/mol. The van der Waals surface area contributed by atoms with Gasteiger partial charge in [-0.3, -0.25) is 14.6 Å². The van der Waals surface area contributed by atoms with Crippen molar-refractivity contribution in [1.82, 2.24) is 15.5 Å². The van der Waals surface area contributed by atoms with Crippen LogP contribution in [0.25, 0.3) is 0 Å². The number of carbonyl (C=O) groups excluding carboxylic acids is 2. The van der Waals surface area contributed by atoms with E-state index in [2.05, 4.69) is 20.5 Å². The standard InChI is InChI=1S/C16H28N4O3/c1-12(2)23-14(22)5-7-18-15(17-3)20-8-4-6-16(11-20)9-13(21)19-10-16/h12H,4-11H2,1-3H3,(H,17,18)(H,19,21). The van der Waals surface area contributed by atoms with Gasteiger partial charge in [-0.1, -0.05) is 0 Å². The average Bonchev–Trinajstić information content (AvgIpc) is 2.83. The van der Waals surface area contributed by atoms with Gasteiger partial charge in [-0.15, -0.1) is 0 Å². The van der Waals surface area contributed by atoms with Crippen LogP contribution < -0.4 is 10.6 Å². The molecule has 1 spiro atoms. The zero-order valence-electron chi connectivity index (χ0n) is 14.4. The monoisotopic (exact) mass is 324 g/mol. The zero-order valence-corrected chi connectivity index (χ0v) is 14.4. The van der Waals surface area contributed by atoms with Gasteiger partial charge >= 0.3 is 5.97 Å². The van der Waals surface area contributed by atoms with Crippen molar-refractivity contribution in [3.63, 3.8) is 0 Å². The van der Waals surface area contributed by atoms with E-state index in [9.17, 15) is 9.59 Å². The van der Waals surface area contributed by atoms with Gasteiger partial charge in [0.2, 0.25) is 5.91 Å². The lowest BCUT2D eigenvalue weighted by atomic mass is 9.79. The van der Waals surface area contributed by atoms with Crippen LogP contribution in [0.15, 0.2) is 4.99 Å². The van der Waals surface area contributed by atoms with Crippen molar-refractivity contribution in [2.75, 3.05) is 33.2 Å². The molecule has 0 radical (unpaired) electrons. The van der Waals surface area contributed by atoms with Crippen LogP contribution in [0.1, 0.15) is 39.5 Å². The predicted octanol–water partition coefficient (Wildman–Crippen LogP) is 0.506. The molecule has 0 aromatic carbocycles. The van der Waals surface area contributed by atoms with Gasteiger partial charge < -0.3 is 20.3 Å². The summed E-state index contributed by atoms with van der Waals surface area (Å²) in [7, 11) is 1.74. The maximum absolute atomic E-state index is 11.6. The van der Waals surface area contributed by atoms with Gasteiger partial charge in [0.1, 0.15) is 0 Å². The molecule has 2 saturated heterocycles. The molecule has 0 aromatic rings. The van der Waals surface area contributed by atoms with E-state index in [1.807, 2.05) is 13.8 Å². The van der Waals surface area contributed by atoms with E-state index in [4.69, 9.17) is 4.74 Å². The van der Waals surface area contributed by atoms with E-state index in [-0.39, 0.29) is 23.4 Å². The first kappa shape index (κ1) is 17.6. The van der Waals surface area contributed by atoms with Crippen molar-refractivity contribution in [2.45, 2.75) is 45.6 Å². The molecule has 2 rings (SSSR count). The maximum Gasteiger partial charge on any atom is 0.307 e. The van der Waals surface area contributed by atoms with E-state index in [0.29, 0.717) is 19.4 Å². The minimum atomic E-state index is -0.205. The third kappa shape index (κ3) is 4.84. The van der Waals surface area contributed by atoms with Gasteiger partial charge in [0.25, 0.3) is 0 Å². The van der Waals surface area contributed by atoms with Crippen molar-refractivity contribution in [3.05, 3.63) is 0 Å². The van der Waals surface area contributed by atoms with E-state index >= 15 is 0 Å². The summed E-state index contributed by atoms with van der Waals surface area (Å²) in [4.78, 5) is 29.7. The fourth-order valence-electron chi connectivity index (χ4n) is 3.36. The third-order valence-corrected chi connectivity index (χ3v) is 4.35. The minimum Gasteiger partial charge on any atom is -0.463 e. The number of nitrogens with one attached hydrogen (secondary N) is 2. The number of carbonyl (C=O) groups is 2. The summed E-state index contributed by atoms with van der Waals surface area (Å²) in [5, 5.41) is 6.18. The van der Waals surface area contributed by atoms with Crippen LogP contribution in [0.3, 0.4) is 0 Å². The van der Waals surface area contributed by atoms with Gasteiger partial charge in [-0.25, -0.2) is 0 Å². The van der Waals surface area contributed by atoms with Crippen molar-refractivity contribution in [1.29, 1.82) is 0 Å². The summed E-state index contributed by atoms with van der Waals surface area (Å²) < 4.78 is 5.12. The van der Waals surface area contributed by atoms with Crippen molar-refractivity contribution in [2.24, 2.45) is 10.4 Å². The highest BCUT2D eigenvalue weighted by Crippen LogP contribution is 2.35. The Labute approximate surface area is 137 Å². The molecule has 1 atom stereocenters. The first-order chi connectivity index (χ1) is 10.9. The van der Waals surface area contributed by atoms with Gasteiger partial charge in [0.15, 0.2) is 5.96 Å². The predicted molar refractivity (Wildman–Crippen MR) is 88.1 cm³/mol. The van der Waals surface area contributed by atoms with Crippen LogP contribution in [-0.4, -0.2) is 62.1 Å². The second-order valence-corrected chi connectivity index (χ2v) is 6.74. The molecule has 130 valence electrons. The first-order valence-electron chi connectivity index (χ1n) is 8.36. The molecular formula is C16H28N4O3. The third-order valence-electron chi connectivity index (χ3n) is 4.35. The topological polar surface area (TPSA) is 83.0 Å². The highest BCUT2D eigenvalue weighted by atomic mass is 16.5. The summed E-state index contributed by atoms with van der Waals surface area (Å²) in [6.45, 7) is 6.68. The lowest BCUT2D eigenvalue weighted by Crippen LogP contribution is -2.51. The molecule has 0 aliphatic carbocycles. The van der Waals surface area contributed by atoms with Crippen LogP contribution >= 0.6 is 0 Å². The number of piperidine rings is 1. The Balaban J connectivity index is 1.83. The normalized spacial score (nSPS) is 25.0.